The summed E-state index contributed by atoms with van der Waals surface area (Å²) < 4.78 is 5.63. The largest absolute Gasteiger partial charge is 0.451 e. The molecule has 1 saturated heterocycles. The quantitative estimate of drug-likeness (QED) is 0.944. The highest BCUT2D eigenvalue weighted by Gasteiger charge is 2.35. The maximum absolute atomic E-state index is 12.7. The Morgan fingerprint density at radius 1 is 1.36 bits per heavy atom. The molecule has 1 N–H and O–H groups in total. The van der Waals surface area contributed by atoms with Crippen molar-refractivity contribution in [2.45, 2.75) is 32.2 Å². The molecule has 116 valence electrons. The molecule has 1 aliphatic rings. The van der Waals surface area contributed by atoms with Gasteiger partial charge in [-0.25, -0.2) is 0 Å². The third-order valence-electron chi connectivity index (χ3n) is 4.00. The number of carbonyl (C=O) groups is 2. The van der Waals surface area contributed by atoms with Gasteiger partial charge in [-0.1, -0.05) is 25.1 Å². The van der Waals surface area contributed by atoms with E-state index in [-0.39, 0.29) is 17.9 Å². The van der Waals surface area contributed by atoms with E-state index in [2.05, 4.69) is 5.32 Å². The van der Waals surface area contributed by atoms with Gasteiger partial charge in [0, 0.05) is 18.5 Å². The van der Waals surface area contributed by atoms with Gasteiger partial charge >= 0.3 is 0 Å². The van der Waals surface area contributed by atoms with Crippen molar-refractivity contribution in [3.63, 3.8) is 0 Å². The minimum atomic E-state index is -0.382. The number of likely N-dealkylation sites (tertiary alicyclic amines) is 1. The molecule has 1 atom stereocenters. The topological polar surface area (TPSA) is 62.6 Å². The fourth-order valence-corrected chi connectivity index (χ4v) is 2.88. The van der Waals surface area contributed by atoms with E-state index >= 15 is 0 Å². The second-order valence-electron chi connectivity index (χ2n) is 5.60. The van der Waals surface area contributed by atoms with Crippen molar-refractivity contribution in [1.82, 2.24) is 10.2 Å². The maximum atomic E-state index is 12.7. The van der Waals surface area contributed by atoms with Crippen molar-refractivity contribution < 1.29 is 14.0 Å². The first kappa shape index (κ1) is 14.6. The summed E-state index contributed by atoms with van der Waals surface area (Å²) in [4.78, 5) is 26.5. The van der Waals surface area contributed by atoms with E-state index in [1.54, 1.807) is 11.0 Å². The van der Waals surface area contributed by atoms with Crippen LogP contribution in [0.15, 0.2) is 34.7 Å². The summed E-state index contributed by atoms with van der Waals surface area (Å²) in [5, 5.41) is 3.77. The van der Waals surface area contributed by atoms with Gasteiger partial charge in [0.15, 0.2) is 5.76 Å². The van der Waals surface area contributed by atoms with Crippen molar-refractivity contribution in [1.29, 1.82) is 0 Å². The lowest BCUT2D eigenvalue weighted by Gasteiger charge is -2.22. The molecule has 3 rings (SSSR count). The van der Waals surface area contributed by atoms with Crippen molar-refractivity contribution in [3.8, 4) is 0 Å². The van der Waals surface area contributed by atoms with Gasteiger partial charge in [-0.15, -0.1) is 0 Å². The smallest absolute Gasteiger partial charge is 0.290 e. The van der Waals surface area contributed by atoms with Crippen LogP contribution in [0.4, 0.5) is 0 Å². The summed E-state index contributed by atoms with van der Waals surface area (Å²) in [6.07, 6.45) is 2.44. The average molecular weight is 300 g/mol. The minimum absolute atomic E-state index is 0.0659. The van der Waals surface area contributed by atoms with Crippen LogP contribution in [0.1, 0.15) is 36.7 Å². The predicted octanol–water partition coefficient (Wildman–Crippen LogP) is 2.56. The fraction of sp³-hybridized carbons (Fsp3) is 0.412. The number of carbonyl (C=O) groups excluding carboxylic acids is 2. The first-order chi connectivity index (χ1) is 10.7. The SMILES string of the molecule is CCCNC(=O)C1CCCN1C(=O)c1cc2ccccc2o1. The number of rotatable bonds is 4. The number of amides is 2. The molecule has 1 fully saturated rings. The third-order valence-corrected chi connectivity index (χ3v) is 4.00. The Balaban J connectivity index is 1.79. The molecule has 2 aromatic rings. The molecule has 0 spiro atoms. The number of hydrogen-bond donors (Lipinski definition) is 1. The Morgan fingerprint density at radius 3 is 2.95 bits per heavy atom. The van der Waals surface area contributed by atoms with E-state index in [1.165, 1.54) is 0 Å². The Kier molecular flexibility index (Phi) is 4.13. The van der Waals surface area contributed by atoms with E-state index in [0.29, 0.717) is 30.9 Å². The second kappa shape index (κ2) is 6.22. The van der Waals surface area contributed by atoms with Crippen LogP contribution in [0.3, 0.4) is 0 Å². The molecule has 1 unspecified atom stereocenters. The van der Waals surface area contributed by atoms with E-state index in [9.17, 15) is 9.59 Å². The third kappa shape index (κ3) is 2.71. The van der Waals surface area contributed by atoms with Gasteiger partial charge in [0.25, 0.3) is 5.91 Å². The molecule has 2 amide bonds. The van der Waals surface area contributed by atoms with Crippen molar-refractivity contribution in [3.05, 3.63) is 36.1 Å². The molecular formula is C17H20N2O3. The van der Waals surface area contributed by atoms with Crippen LogP contribution in [-0.4, -0.2) is 35.8 Å². The number of benzene rings is 1. The zero-order valence-corrected chi connectivity index (χ0v) is 12.7. The molecule has 1 aromatic carbocycles. The summed E-state index contributed by atoms with van der Waals surface area (Å²) in [5.41, 5.74) is 0.692. The molecular weight excluding hydrogens is 280 g/mol. The maximum Gasteiger partial charge on any atom is 0.290 e. The standard InChI is InChI=1S/C17H20N2O3/c1-2-9-18-16(20)13-7-5-10-19(13)17(21)15-11-12-6-3-4-8-14(12)22-15/h3-4,6,8,11,13H,2,5,7,9-10H2,1H3,(H,18,20). The summed E-state index contributed by atoms with van der Waals surface area (Å²) in [7, 11) is 0. The van der Waals surface area contributed by atoms with E-state index in [4.69, 9.17) is 4.42 Å². The molecule has 0 radical (unpaired) electrons. The first-order valence-corrected chi connectivity index (χ1v) is 7.78. The molecule has 0 aliphatic carbocycles. The number of nitrogens with one attached hydrogen (secondary N) is 1. The van der Waals surface area contributed by atoms with Gasteiger partial charge in [-0.05, 0) is 31.4 Å². The van der Waals surface area contributed by atoms with Gasteiger partial charge in [0.05, 0.1) is 0 Å². The van der Waals surface area contributed by atoms with Crippen molar-refractivity contribution >= 4 is 22.8 Å². The number of fused-ring (bicyclic) bond motifs is 1. The van der Waals surface area contributed by atoms with Crippen LogP contribution in [-0.2, 0) is 4.79 Å². The summed E-state index contributed by atoms with van der Waals surface area (Å²) in [6, 6.07) is 8.89. The minimum Gasteiger partial charge on any atom is -0.451 e. The van der Waals surface area contributed by atoms with Gasteiger partial charge in [-0.2, -0.15) is 0 Å². The second-order valence-corrected chi connectivity index (χ2v) is 5.60. The number of hydrogen-bond acceptors (Lipinski definition) is 3. The molecule has 1 aromatic heterocycles. The monoisotopic (exact) mass is 300 g/mol. The number of nitrogens with zero attached hydrogens (tertiary/aromatic N) is 1. The van der Waals surface area contributed by atoms with Crippen molar-refractivity contribution in [2.75, 3.05) is 13.1 Å². The van der Waals surface area contributed by atoms with Crippen LogP contribution in [0.25, 0.3) is 11.0 Å². The average Bonchev–Trinajstić information content (AvgIpc) is 3.18. The molecule has 22 heavy (non-hydrogen) atoms. The number of furan rings is 1. The fourth-order valence-electron chi connectivity index (χ4n) is 2.88. The predicted molar refractivity (Wildman–Crippen MR) is 83.6 cm³/mol. The highest BCUT2D eigenvalue weighted by atomic mass is 16.3. The normalized spacial score (nSPS) is 17.9. The molecule has 5 heteroatoms. The molecule has 0 saturated carbocycles. The Bertz CT molecular complexity index is 659. The lowest BCUT2D eigenvalue weighted by Crippen LogP contribution is -2.46. The van der Waals surface area contributed by atoms with Crippen LogP contribution >= 0.6 is 0 Å². The van der Waals surface area contributed by atoms with Gasteiger partial charge in [-0.3, -0.25) is 9.59 Å². The zero-order valence-electron chi connectivity index (χ0n) is 12.7. The Labute approximate surface area is 129 Å². The van der Waals surface area contributed by atoms with E-state index < -0.39 is 0 Å². The number of para-hydroxylation sites is 1. The van der Waals surface area contributed by atoms with E-state index in [1.807, 2.05) is 31.2 Å². The molecule has 2 heterocycles. The highest BCUT2D eigenvalue weighted by molar-refractivity contribution is 5.99. The summed E-state index contributed by atoms with van der Waals surface area (Å²) in [6.45, 7) is 3.24. The first-order valence-electron chi connectivity index (χ1n) is 7.78. The summed E-state index contributed by atoms with van der Waals surface area (Å²) in [5.74, 6) is 0.0329. The van der Waals surface area contributed by atoms with Crippen LogP contribution < -0.4 is 5.32 Å². The summed E-state index contributed by atoms with van der Waals surface area (Å²) >= 11 is 0. The lowest BCUT2D eigenvalue weighted by molar-refractivity contribution is -0.124. The van der Waals surface area contributed by atoms with Crippen LogP contribution in [0.2, 0.25) is 0 Å². The van der Waals surface area contributed by atoms with E-state index in [0.717, 1.165) is 18.2 Å². The van der Waals surface area contributed by atoms with Crippen molar-refractivity contribution in [2.24, 2.45) is 0 Å². The Hall–Kier alpha value is -2.30. The van der Waals surface area contributed by atoms with Gasteiger partial charge in [0.1, 0.15) is 11.6 Å². The molecule has 0 bridgehead atoms. The lowest BCUT2D eigenvalue weighted by atomic mass is 10.2. The van der Waals surface area contributed by atoms with Gasteiger partial charge in [0.2, 0.25) is 5.91 Å². The Morgan fingerprint density at radius 2 is 2.18 bits per heavy atom. The van der Waals surface area contributed by atoms with Crippen LogP contribution in [0.5, 0.6) is 0 Å². The zero-order chi connectivity index (χ0) is 15.5. The molecule has 1 aliphatic heterocycles. The molecule has 5 nitrogen and oxygen atoms in total. The van der Waals surface area contributed by atoms with Crippen LogP contribution in [0, 0.1) is 0 Å². The highest BCUT2D eigenvalue weighted by Crippen LogP contribution is 2.24. The van der Waals surface area contributed by atoms with Gasteiger partial charge < -0.3 is 14.6 Å².